The molecule has 0 aromatic heterocycles. The van der Waals surface area contributed by atoms with E-state index in [-0.39, 0.29) is 23.9 Å². The van der Waals surface area contributed by atoms with Crippen molar-refractivity contribution >= 4 is 24.0 Å². The van der Waals surface area contributed by atoms with E-state index in [1.165, 1.54) is 18.2 Å². The van der Waals surface area contributed by atoms with E-state index in [0.717, 1.165) is 25.7 Å². The zero-order valence-corrected chi connectivity index (χ0v) is 12.1. The number of nitrogens with two attached hydrogens (primary N) is 1. The Labute approximate surface area is 124 Å². The van der Waals surface area contributed by atoms with Crippen molar-refractivity contribution in [1.82, 2.24) is 0 Å². The van der Waals surface area contributed by atoms with Crippen LogP contribution in [0.2, 0.25) is 0 Å². The summed E-state index contributed by atoms with van der Waals surface area (Å²) in [6.07, 6.45) is 1.63. The fourth-order valence-corrected chi connectivity index (χ4v) is 1.76. The van der Waals surface area contributed by atoms with Crippen LogP contribution in [0.4, 0.5) is 14.5 Å². The first-order valence-electron chi connectivity index (χ1n) is 6.51. The molecule has 0 atom stereocenters. The van der Waals surface area contributed by atoms with Crippen LogP contribution < -0.4 is 11.1 Å². The number of carbonyl (C=O) groups is 1. The average molecular weight is 307 g/mol. The van der Waals surface area contributed by atoms with Crippen molar-refractivity contribution in [1.29, 1.82) is 0 Å². The van der Waals surface area contributed by atoms with Crippen molar-refractivity contribution in [3.8, 4) is 0 Å². The number of rotatable bonds is 8. The quantitative estimate of drug-likeness (QED) is 0.716. The van der Waals surface area contributed by atoms with Gasteiger partial charge in [-0.25, -0.2) is 8.78 Å². The number of unbranched alkanes of at least 4 members (excludes halogenated alkanes) is 3. The van der Waals surface area contributed by atoms with Crippen LogP contribution in [-0.4, -0.2) is 12.5 Å². The predicted octanol–water partition coefficient (Wildman–Crippen LogP) is 3.89. The van der Waals surface area contributed by atoms with Gasteiger partial charge in [-0.3, -0.25) is 4.79 Å². The number of amides is 1. The monoisotopic (exact) mass is 306 g/mol. The normalized spacial score (nSPS) is 10.2. The summed E-state index contributed by atoms with van der Waals surface area (Å²) in [7, 11) is 0. The molecule has 0 saturated carbocycles. The third kappa shape index (κ3) is 7.40. The summed E-state index contributed by atoms with van der Waals surface area (Å²) in [5.41, 5.74) is 5.71. The first kappa shape index (κ1) is 18.8. The second kappa shape index (κ2) is 10.6. The van der Waals surface area contributed by atoms with E-state index < -0.39 is 6.43 Å². The van der Waals surface area contributed by atoms with Crippen molar-refractivity contribution in [3.63, 3.8) is 0 Å². The van der Waals surface area contributed by atoms with Gasteiger partial charge < -0.3 is 11.1 Å². The highest BCUT2D eigenvalue weighted by atomic mass is 35.5. The van der Waals surface area contributed by atoms with E-state index in [1.807, 2.05) is 0 Å². The molecule has 1 aromatic rings. The van der Waals surface area contributed by atoms with E-state index in [0.29, 0.717) is 18.7 Å². The maximum Gasteiger partial charge on any atom is 0.263 e. The summed E-state index contributed by atoms with van der Waals surface area (Å²) in [5.74, 6) is -0.140. The average Bonchev–Trinajstić information content (AvgIpc) is 2.38. The third-order valence-electron chi connectivity index (χ3n) is 2.78. The first-order chi connectivity index (χ1) is 9.13. The maximum atomic E-state index is 12.5. The lowest BCUT2D eigenvalue weighted by molar-refractivity contribution is -0.116. The van der Waals surface area contributed by atoms with Crippen LogP contribution in [0.3, 0.4) is 0 Å². The highest BCUT2D eigenvalue weighted by Gasteiger charge is 2.08. The standard InChI is InChI=1S/C14H20F2N2O.ClH/c15-14(16)11-6-5-7-12(10-11)18-13(19)8-3-1-2-4-9-17;/h5-7,10,14H,1-4,8-9,17H2,(H,18,19);1H. The molecule has 0 aliphatic rings. The van der Waals surface area contributed by atoms with Gasteiger partial charge in [0.1, 0.15) is 0 Å². The number of hydrogen-bond acceptors (Lipinski definition) is 2. The Bertz CT molecular complexity index is 403. The molecular formula is C14H21ClF2N2O. The smallest absolute Gasteiger partial charge is 0.263 e. The van der Waals surface area contributed by atoms with Gasteiger partial charge in [0.25, 0.3) is 6.43 Å². The largest absolute Gasteiger partial charge is 0.330 e. The van der Waals surface area contributed by atoms with Gasteiger partial charge in [0.2, 0.25) is 5.91 Å². The van der Waals surface area contributed by atoms with Crippen LogP contribution in [0, 0.1) is 0 Å². The third-order valence-corrected chi connectivity index (χ3v) is 2.78. The lowest BCUT2D eigenvalue weighted by atomic mass is 10.1. The van der Waals surface area contributed by atoms with Crippen molar-refractivity contribution in [2.45, 2.75) is 38.5 Å². The minimum atomic E-state index is -2.52. The lowest BCUT2D eigenvalue weighted by Gasteiger charge is -2.07. The Kier molecular flexibility index (Phi) is 9.94. The van der Waals surface area contributed by atoms with Crippen molar-refractivity contribution < 1.29 is 13.6 Å². The molecule has 0 bridgehead atoms. The van der Waals surface area contributed by atoms with Gasteiger partial charge in [0, 0.05) is 17.7 Å². The lowest BCUT2D eigenvalue weighted by Crippen LogP contribution is -2.11. The molecule has 0 aliphatic carbocycles. The summed E-state index contributed by atoms with van der Waals surface area (Å²) in [6.45, 7) is 0.673. The molecule has 3 N–H and O–H groups in total. The van der Waals surface area contributed by atoms with Crippen LogP contribution in [0.25, 0.3) is 0 Å². The molecule has 0 spiro atoms. The Hall–Kier alpha value is -1.20. The van der Waals surface area contributed by atoms with Gasteiger partial charge in [0.15, 0.2) is 0 Å². The second-order valence-electron chi connectivity index (χ2n) is 4.43. The summed E-state index contributed by atoms with van der Waals surface area (Å²) in [6, 6.07) is 5.76. The molecule has 0 aliphatic heterocycles. The summed E-state index contributed by atoms with van der Waals surface area (Å²) < 4.78 is 25.0. The molecule has 0 unspecified atom stereocenters. The van der Waals surface area contributed by atoms with E-state index in [4.69, 9.17) is 5.73 Å². The van der Waals surface area contributed by atoms with Gasteiger partial charge in [-0.15, -0.1) is 12.4 Å². The predicted molar refractivity (Wildman–Crippen MR) is 79.4 cm³/mol. The van der Waals surface area contributed by atoms with Gasteiger partial charge in [-0.2, -0.15) is 0 Å². The molecule has 0 radical (unpaired) electrons. The number of anilines is 1. The molecule has 1 amide bonds. The minimum Gasteiger partial charge on any atom is -0.330 e. The van der Waals surface area contributed by atoms with Crippen LogP contribution in [0.1, 0.15) is 44.1 Å². The van der Waals surface area contributed by atoms with Crippen LogP contribution in [0.5, 0.6) is 0 Å². The molecule has 1 rings (SSSR count). The molecule has 3 nitrogen and oxygen atoms in total. The van der Waals surface area contributed by atoms with Gasteiger partial charge in [-0.05, 0) is 31.5 Å². The van der Waals surface area contributed by atoms with Crippen LogP contribution in [0.15, 0.2) is 24.3 Å². The van der Waals surface area contributed by atoms with E-state index >= 15 is 0 Å². The Balaban J connectivity index is 0.00000361. The van der Waals surface area contributed by atoms with Gasteiger partial charge >= 0.3 is 0 Å². The first-order valence-corrected chi connectivity index (χ1v) is 6.51. The van der Waals surface area contributed by atoms with Crippen molar-refractivity contribution in [3.05, 3.63) is 29.8 Å². The Morgan fingerprint density at radius 1 is 1.20 bits per heavy atom. The number of carbonyl (C=O) groups excluding carboxylic acids is 1. The van der Waals surface area contributed by atoms with E-state index in [1.54, 1.807) is 6.07 Å². The van der Waals surface area contributed by atoms with Crippen molar-refractivity contribution in [2.24, 2.45) is 5.73 Å². The van der Waals surface area contributed by atoms with Gasteiger partial charge in [0.05, 0.1) is 0 Å². The Morgan fingerprint density at radius 2 is 1.90 bits per heavy atom. The number of hydrogen-bond donors (Lipinski definition) is 2. The number of alkyl halides is 2. The summed E-state index contributed by atoms with van der Waals surface area (Å²) in [5, 5.41) is 2.63. The zero-order valence-electron chi connectivity index (χ0n) is 11.3. The fraction of sp³-hybridized carbons (Fsp3) is 0.500. The highest BCUT2D eigenvalue weighted by Crippen LogP contribution is 2.21. The van der Waals surface area contributed by atoms with Crippen molar-refractivity contribution in [2.75, 3.05) is 11.9 Å². The SMILES string of the molecule is Cl.NCCCCCCC(=O)Nc1cccc(C(F)F)c1. The second-order valence-corrected chi connectivity index (χ2v) is 4.43. The molecule has 1 aromatic carbocycles. The molecule has 0 saturated heterocycles. The fourth-order valence-electron chi connectivity index (χ4n) is 1.76. The topological polar surface area (TPSA) is 55.1 Å². The van der Waals surface area contributed by atoms with Gasteiger partial charge in [-0.1, -0.05) is 25.0 Å². The number of halogens is 3. The zero-order chi connectivity index (χ0) is 14.1. The van der Waals surface area contributed by atoms with Crippen LogP contribution >= 0.6 is 12.4 Å². The molecular weight excluding hydrogens is 286 g/mol. The molecule has 20 heavy (non-hydrogen) atoms. The minimum absolute atomic E-state index is 0. The highest BCUT2D eigenvalue weighted by molar-refractivity contribution is 5.90. The molecule has 0 heterocycles. The van der Waals surface area contributed by atoms with E-state index in [9.17, 15) is 13.6 Å². The number of benzene rings is 1. The molecule has 6 heteroatoms. The van der Waals surface area contributed by atoms with Crippen LogP contribution in [-0.2, 0) is 4.79 Å². The molecule has 0 fully saturated rings. The molecule has 114 valence electrons. The summed E-state index contributed by atoms with van der Waals surface area (Å²) >= 11 is 0. The maximum absolute atomic E-state index is 12.5. The van der Waals surface area contributed by atoms with E-state index in [2.05, 4.69) is 5.32 Å². The summed E-state index contributed by atoms with van der Waals surface area (Å²) in [4.78, 5) is 11.6. The Morgan fingerprint density at radius 3 is 2.55 bits per heavy atom. The number of nitrogens with one attached hydrogen (secondary N) is 1.